The standard InChI is InChI=1S/C15H17NO5/c1-3-12(15(18)19)16-14(17)10-6-9-7-11(20-2)4-5-13(9)21-8-10/h4-7,12H,3,8H2,1-2H3,(H,16,17)(H,18,19). The highest BCUT2D eigenvalue weighted by Crippen LogP contribution is 2.29. The van der Waals surface area contributed by atoms with E-state index in [-0.39, 0.29) is 6.61 Å². The Bertz CT molecular complexity index is 594. The fourth-order valence-electron chi connectivity index (χ4n) is 2.00. The summed E-state index contributed by atoms with van der Waals surface area (Å²) in [5.74, 6) is -0.159. The number of hydrogen-bond donors (Lipinski definition) is 2. The maximum absolute atomic E-state index is 12.1. The third-order valence-electron chi connectivity index (χ3n) is 3.23. The van der Waals surface area contributed by atoms with Crippen molar-refractivity contribution in [2.24, 2.45) is 0 Å². The van der Waals surface area contributed by atoms with E-state index in [1.54, 1.807) is 38.3 Å². The summed E-state index contributed by atoms with van der Waals surface area (Å²) in [5, 5.41) is 11.4. The molecule has 1 atom stereocenters. The number of carboxylic acid groups (broad SMARTS) is 1. The van der Waals surface area contributed by atoms with Gasteiger partial charge in [0.1, 0.15) is 24.1 Å². The average molecular weight is 291 g/mol. The van der Waals surface area contributed by atoms with Gasteiger partial charge in [-0.3, -0.25) is 4.79 Å². The van der Waals surface area contributed by atoms with Crippen LogP contribution in [-0.4, -0.2) is 36.7 Å². The first-order chi connectivity index (χ1) is 10.0. The van der Waals surface area contributed by atoms with Crippen LogP contribution in [0.4, 0.5) is 0 Å². The Balaban J connectivity index is 2.19. The molecular formula is C15H17NO5. The molecule has 6 heteroatoms. The molecule has 0 saturated heterocycles. The zero-order chi connectivity index (χ0) is 15.4. The number of methoxy groups -OCH3 is 1. The van der Waals surface area contributed by atoms with Gasteiger partial charge in [-0.05, 0) is 30.7 Å². The summed E-state index contributed by atoms with van der Waals surface area (Å²) in [5.41, 5.74) is 1.12. The largest absolute Gasteiger partial charge is 0.497 e. The summed E-state index contributed by atoms with van der Waals surface area (Å²) < 4.78 is 10.6. The number of carbonyl (C=O) groups is 2. The Hall–Kier alpha value is -2.50. The Labute approximate surface area is 122 Å². The van der Waals surface area contributed by atoms with E-state index in [4.69, 9.17) is 14.6 Å². The van der Waals surface area contributed by atoms with Crippen LogP contribution < -0.4 is 14.8 Å². The Morgan fingerprint density at radius 3 is 2.86 bits per heavy atom. The summed E-state index contributed by atoms with van der Waals surface area (Å²) in [6.45, 7) is 1.81. The molecule has 1 amide bonds. The maximum atomic E-state index is 12.1. The van der Waals surface area contributed by atoms with Gasteiger partial charge < -0.3 is 19.9 Å². The Morgan fingerprint density at radius 1 is 1.48 bits per heavy atom. The fraction of sp³-hybridized carbons (Fsp3) is 0.333. The summed E-state index contributed by atoms with van der Waals surface area (Å²) in [6.07, 6.45) is 2.00. The van der Waals surface area contributed by atoms with Crippen LogP contribution in [0.25, 0.3) is 6.08 Å². The first-order valence-corrected chi connectivity index (χ1v) is 6.60. The van der Waals surface area contributed by atoms with Gasteiger partial charge in [-0.15, -0.1) is 0 Å². The average Bonchev–Trinajstić information content (AvgIpc) is 2.50. The molecule has 1 aliphatic rings. The highest BCUT2D eigenvalue weighted by atomic mass is 16.5. The van der Waals surface area contributed by atoms with Crippen LogP contribution in [0, 0.1) is 0 Å². The molecule has 0 aromatic heterocycles. The molecule has 0 fully saturated rings. The third-order valence-corrected chi connectivity index (χ3v) is 3.23. The number of rotatable bonds is 5. The number of carboxylic acids is 1. The lowest BCUT2D eigenvalue weighted by Crippen LogP contribution is -2.41. The van der Waals surface area contributed by atoms with Crippen LogP contribution in [0.2, 0.25) is 0 Å². The van der Waals surface area contributed by atoms with Crippen LogP contribution in [-0.2, 0) is 9.59 Å². The van der Waals surface area contributed by atoms with Crippen molar-refractivity contribution in [1.82, 2.24) is 5.32 Å². The minimum atomic E-state index is -1.05. The van der Waals surface area contributed by atoms with Crippen molar-refractivity contribution in [2.75, 3.05) is 13.7 Å². The van der Waals surface area contributed by atoms with Crippen LogP contribution in [0.3, 0.4) is 0 Å². The van der Waals surface area contributed by atoms with Crippen LogP contribution in [0.15, 0.2) is 23.8 Å². The topological polar surface area (TPSA) is 84.9 Å². The van der Waals surface area contributed by atoms with Gasteiger partial charge in [0.15, 0.2) is 0 Å². The van der Waals surface area contributed by atoms with Crippen molar-refractivity contribution in [1.29, 1.82) is 0 Å². The summed E-state index contributed by atoms with van der Waals surface area (Å²) in [4.78, 5) is 23.0. The summed E-state index contributed by atoms with van der Waals surface area (Å²) >= 11 is 0. The van der Waals surface area contributed by atoms with E-state index in [0.717, 1.165) is 5.56 Å². The van der Waals surface area contributed by atoms with Crippen molar-refractivity contribution < 1.29 is 24.2 Å². The second-order valence-corrected chi connectivity index (χ2v) is 4.63. The van der Waals surface area contributed by atoms with Gasteiger partial charge >= 0.3 is 5.97 Å². The molecule has 112 valence electrons. The van der Waals surface area contributed by atoms with Crippen LogP contribution in [0.1, 0.15) is 18.9 Å². The smallest absolute Gasteiger partial charge is 0.326 e. The quantitative estimate of drug-likeness (QED) is 0.857. The lowest BCUT2D eigenvalue weighted by atomic mass is 10.1. The predicted octanol–water partition coefficient (Wildman–Crippen LogP) is 1.45. The van der Waals surface area contributed by atoms with Gasteiger partial charge in [-0.25, -0.2) is 4.79 Å². The normalized spacial score (nSPS) is 14.3. The molecule has 1 aromatic rings. The van der Waals surface area contributed by atoms with Crippen molar-refractivity contribution in [2.45, 2.75) is 19.4 Å². The highest BCUT2D eigenvalue weighted by Gasteiger charge is 2.22. The molecule has 2 rings (SSSR count). The molecule has 2 N–H and O–H groups in total. The van der Waals surface area contributed by atoms with Crippen molar-refractivity contribution in [3.63, 3.8) is 0 Å². The van der Waals surface area contributed by atoms with E-state index in [9.17, 15) is 9.59 Å². The third kappa shape index (κ3) is 3.34. The maximum Gasteiger partial charge on any atom is 0.326 e. The zero-order valence-electron chi connectivity index (χ0n) is 11.9. The SMILES string of the molecule is CCC(NC(=O)C1=Cc2cc(OC)ccc2OC1)C(=O)O. The van der Waals surface area contributed by atoms with Gasteiger partial charge in [-0.2, -0.15) is 0 Å². The molecule has 1 heterocycles. The Morgan fingerprint density at radius 2 is 2.24 bits per heavy atom. The molecule has 1 unspecified atom stereocenters. The van der Waals surface area contributed by atoms with E-state index < -0.39 is 17.9 Å². The molecule has 21 heavy (non-hydrogen) atoms. The zero-order valence-corrected chi connectivity index (χ0v) is 11.9. The van der Waals surface area contributed by atoms with Crippen LogP contribution >= 0.6 is 0 Å². The Kier molecular flexibility index (Phi) is 4.47. The number of amides is 1. The van der Waals surface area contributed by atoms with Crippen molar-refractivity contribution >= 4 is 18.0 Å². The number of nitrogens with one attached hydrogen (secondary N) is 1. The van der Waals surface area contributed by atoms with E-state index >= 15 is 0 Å². The number of aliphatic carboxylic acids is 1. The number of fused-ring (bicyclic) bond motifs is 1. The number of ether oxygens (including phenoxy) is 2. The van der Waals surface area contributed by atoms with Gasteiger partial charge in [0.2, 0.25) is 0 Å². The summed E-state index contributed by atoms with van der Waals surface area (Å²) in [7, 11) is 1.56. The number of carbonyl (C=O) groups excluding carboxylic acids is 1. The van der Waals surface area contributed by atoms with Gasteiger partial charge in [0.05, 0.1) is 12.7 Å². The molecule has 0 aliphatic carbocycles. The molecule has 0 radical (unpaired) electrons. The second-order valence-electron chi connectivity index (χ2n) is 4.63. The number of hydrogen-bond acceptors (Lipinski definition) is 4. The van der Waals surface area contributed by atoms with E-state index in [1.807, 2.05) is 0 Å². The molecule has 0 saturated carbocycles. The molecule has 1 aliphatic heterocycles. The number of benzene rings is 1. The first-order valence-electron chi connectivity index (χ1n) is 6.60. The monoisotopic (exact) mass is 291 g/mol. The highest BCUT2D eigenvalue weighted by molar-refractivity contribution is 6.00. The molecule has 6 nitrogen and oxygen atoms in total. The summed E-state index contributed by atoms with van der Waals surface area (Å²) in [6, 6.07) is 4.40. The van der Waals surface area contributed by atoms with Crippen LogP contribution in [0.5, 0.6) is 11.5 Å². The van der Waals surface area contributed by atoms with Gasteiger partial charge in [0, 0.05) is 5.56 Å². The lowest BCUT2D eigenvalue weighted by Gasteiger charge is -2.19. The molecule has 0 spiro atoms. The minimum absolute atomic E-state index is 0.112. The minimum Gasteiger partial charge on any atom is -0.497 e. The van der Waals surface area contributed by atoms with E-state index in [1.165, 1.54) is 0 Å². The van der Waals surface area contributed by atoms with E-state index in [2.05, 4.69) is 5.32 Å². The van der Waals surface area contributed by atoms with Gasteiger partial charge in [0.25, 0.3) is 5.91 Å². The second kappa shape index (κ2) is 6.30. The van der Waals surface area contributed by atoms with Crippen molar-refractivity contribution in [3.05, 3.63) is 29.3 Å². The van der Waals surface area contributed by atoms with Crippen molar-refractivity contribution in [3.8, 4) is 11.5 Å². The van der Waals surface area contributed by atoms with E-state index in [0.29, 0.717) is 23.5 Å². The predicted molar refractivity (Wildman–Crippen MR) is 76.3 cm³/mol. The fourth-order valence-corrected chi connectivity index (χ4v) is 2.00. The molecular weight excluding hydrogens is 274 g/mol. The molecule has 0 bridgehead atoms. The van der Waals surface area contributed by atoms with Gasteiger partial charge in [-0.1, -0.05) is 6.92 Å². The lowest BCUT2D eigenvalue weighted by molar-refractivity contribution is -0.141. The first kappa shape index (κ1) is 14.9. The molecule has 1 aromatic carbocycles.